The Labute approximate surface area is 117 Å². The number of nitrogens with two attached hydrogens (primary N) is 1. The average Bonchev–Trinajstić information content (AvgIpc) is 2.98. The number of ether oxygens (including phenoxy) is 1. The van der Waals surface area contributed by atoms with Gasteiger partial charge < -0.3 is 15.0 Å². The Morgan fingerprint density at radius 1 is 1.47 bits per heavy atom. The van der Waals surface area contributed by atoms with Gasteiger partial charge in [0.2, 0.25) is 0 Å². The van der Waals surface area contributed by atoms with Crippen LogP contribution in [0.25, 0.3) is 11.3 Å². The van der Waals surface area contributed by atoms with E-state index in [-0.39, 0.29) is 0 Å². The Morgan fingerprint density at radius 3 is 3.00 bits per heavy atom. The Bertz CT molecular complexity index is 621. The van der Waals surface area contributed by atoms with Crippen LogP contribution in [0.5, 0.6) is 5.75 Å². The molecular formula is C14H17N3OS. The molecule has 100 valence electrons. The number of hydrogen-bond acceptors (Lipinski definition) is 4. The van der Waals surface area contributed by atoms with E-state index in [4.69, 9.17) is 15.5 Å². The van der Waals surface area contributed by atoms with E-state index in [9.17, 15) is 0 Å². The van der Waals surface area contributed by atoms with E-state index in [0.717, 1.165) is 45.7 Å². The van der Waals surface area contributed by atoms with E-state index in [1.165, 1.54) is 0 Å². The fraction of sp³-hybridized carbons (Fsp3) is 0.357. The number of hydrogen-bond donors (Lipinski definition) is 1. The molecule has 0 amide bonds. The lowest BCUT2D eigenvalue weighted by atomic mass is 10.1. The van der Waals surface area contributed by atoms with Gasteiger partial charge in [0.15, 0.2) is 5.16 Å². The minimum atomic E-state index is 0.522. The zero-order valence-electron chi connectivity index (χ0n) is 11.1. The topological polar surface area (TPSA) is 53.1 Å². The fourth-order valence-electron chi connectivity index (χ4n) is 2.50. The van der Waals surface area contributed by atoms with Crippen LogP contribution < -0.4 is 10.5 Å². The lowest BCUT2D eigenvalue weighted by Crippen LogP contribution is -2.07. The van der Waals surface area contributed by atoms with Gasteiger partial charge >= 0.3 is 0 Å². The second kappa shape index (κ2) is 4.90. The molecule has 1 aliphatic heterocycles. The third-order valence-corrected chi connectivity index (χ3v) is 4.40. The van der Waals surface area contributed by atoms with E-state index < -0.39 is 0 Å². The molecule has 19 heavy (non-hydrogen) atoms. The van der Waals surface area contributed by atoms with Crippen molar-refractivity contribution < 1.29 is 4.74 Å². The van der Waals surface area contributed by atoms with Crippen LogP contribution in [-0.2, 0) is 13.1 Å². The summed E-state index contributed by atoms with van der Waals surface area (Å²) in [5.74, 6) is 2.00. The van der Waals surface area contributed by atoms with Crippen LogP contribution in [0.3, 0.4) is 0 Å². The van der Waals surface area contributed by atoms with Gasteiger partial charge in [-0.3, -0.25) is 0 Å². The number of aromatic nitrogens is 2. The molecule has 2 heterocycles. The first-order valence-corrected chi connectivity index (χ1v) is 7.30. The number of methoxy groups -OCH3 is 1. The van der Waals surface area contributed by atoms with Gasteiger partial charge in [-0.25, -0.2) is 4.98 Å². The molecule has 0 fully saturated rings. The molecule has 0 unspecified atom stereocenters. The van der Waals surface area contributed by atoms with Crippen molar-refractivity contribution in [2.45, 2.75) is 25.2 Å². The summed E-state index contributed by atoms with van der Waals surface area (Å²) in [5.41, 5.74) is 10.3. The zero-order valence-corrected chi connectivity index (χ0v) is 12.0. The van der Waals surface area contributed by atoms with Crippen LogP contribution in [0.1, 0.15) is 11.3 Å². The molecule has 4 nitrogen and oxygen atoms in total. The largest absolute Gasteiger partial charge is 0.496 e. The van der Waals surface area contributed by atoms with Gasteiger partial charge in [0, 0.05) is 24.4 Å². The monoisotopic (exact) mass is 275 g/mol. The van der Waals surface area contributed by atoms with Gasteiger partial charge in [0.05, 0.1) is 18.5 Å². The van der Waals surface area contributed by atoms with Gasteiger partial charge in [-0.15, -0.1) is 0 Å². The van der Waals surface area contributed by atoms with Crippen LogP contribution in [0.2, 0.25) is 0 Å². The van der Waals surface area contributed by atoms with Crippen molar-refractivity contribution in [1.29, 1.82) is 0 Å². The molecule has 0 radical (unpaired) electrons. The second-order valence-electron chi connectivity index (χ2n) is 4.58. The van der Waals surface area contributed by atoms with E-state index in [2.05, 4.69) is 10.6 Å². The molecule has 0 bridgehead atoms. The highest BCUT2D eigenvalue weighted by Gasteiger charge is 2.21. The number of imidazole rings is 1. The van der Waals surface area contributed by atoms with Crippen LogP contribution >= 0.6 is 11.8 Å². The Balaban J connectivity index is 2.09. The predicted octanol–water partition coefficient (Wildman–Crippen LogP) is 2.43. The molecule has 5 heteroatoms. The minimum absolute atomic E-state index is 0.522. The smallest absolute Gasteiger partial charge is 0.168 e. The van der Waals surface area contributed by atoms with E-state index >= 15 is 0 Å². The normalized spacial score (nSPS) is 13.6. The third kappa shape index (κ3) is 2.03. The lowest BCUT2D eigenvalue weighted by molar-refractivity contribution is 0.412. The second-order valence-corrected chi connectivity index (χ2v) is 5.64. The summed E-state index contributed by atoms with van der Waals surface area (Å²) in [5, 5.41) is 1.09. The summed E-state index contributed by atoms with van der Waals surface area (Å²) in [6.07, 6.45) is 0. The Morgan fingerprint density at radius 2 is 2.32 bits per heavy atom. The van der Waals surface area contributed by atoms with E-state index in [1.807, 2.05) is 19.1 Å². The first kappa shape index (κ1) is 12.6. The number of benzene rings is 1. The fourth-order valence-corrected chi connectivity index (χ4v) is 3.47. The first-order valence-electron chi connectivity index (χ1n) is 6.32. The SMILES string of the molecule is COc1ccc(-c2nc3n(c2CN)CCS3)cc1C. The summed E-state index contributed by atoms with van der Waals surface area (Å²) in [4.78, 5) is 4.73. The van der Waals surface area contributed by atoms with Crippen molar-refractivity contribution in [2.75, 3.05) is 12.9 Å². The Hall–Kier alpha value is -1.46. The summed E-state index contributed by atoms with van der Waals surface area (Å²) >= 11 is 1.80. The zero-order chi connectivity index (χ0) is 13.4. The summed E-state index contributed by atoms with van der Waals surface area (Å²) in [6, 6.07) is 6.15. The van der Waals surface area contributed by atoms with Crippen molar-refractivity contribution >= 4 is 11.8 Å². The maximum absolute atomic E-state index is 5.90. The predicted molar refractivity (Wildman–Crippen MR) is 77.6 cm³/mol. The van der Waals surface area contributed by atoms with Crippen LogP contribution in [0.15, 0.2) is 23.4 Å². The molecule has 1 aromatic carbocycles. The van der Waals surface area contributed by atoms with Gasteiger partial charge in [0.25, 0.3) is 0 Å². The molecule has 1 aliphatic rings. The molecule has 3 rings (SSSR count). The number of nitrogens with zero attached hydrogens (tertiary/aromatic N) is 2. The lowest BCUT2D eigenvalue weighted by Gasteiger charge is -2.08. The molecule has 0 atom stereocenters. The summed E-state index contributed by atoms with van der Waals surface area (Å²) in [6.45, 7) is 3.58. The molecule has 0 aliphatic carbocycles. The molecule has 1 aromatic heterocycles. The van der Waals surface area contributed by atoms with Gasteiger partial charge in [0.1, 0.15) is 5.75 Å². The van der Waals surface area contributed by atoms with Crippen LogP contribution in [-0.4, -0.2) is 22.4 Å². The van der Waals surface area contributed by atoms with Crippen LogP contribution in [0, 0.1) is 6.92 Å². The van der Waals surface area contributed by atoms with E-state index in [0.29, 0.717) is 6.54 Å². The van der Waals surface area contributed by atoms with Gasteiger partial charge in [-0.05, 0) is 30.7 Å². The molecular weight excluding hydrogens is 258 g/mol. The molecule has 0 saturated carbocycles. The highest BCUT2D eigenvalue weighted by atomic mass is 32.2. The van der Waals surface area contributed by atoms with Crippen molar-refractivity contribution in [3.05, 3.63) is 29.5 Å². The number of rotatable bonds is 3. The number of aryl methyl sites for hydroxylation is 1. The van der Waals surface area contributed by atoms with Gasteiger partial charge in [-0.2, -0.15) is 0 Å². The Kier molecular flexibility index (Phi) is 3.24. The standard InChI is InChI=1S/C14H17N3OS/c1-9-7-10(3-4-12(9)18-2)13-11(8-15)17-5-6-19-14(17)16-13/h3-4,7H,5-6,8,15H2,1-2H3. The van der Waals surface area contributed by atoms with Gasteiger partial charge in [-0.1, -0.05) is 11.8 Å². The third-order valence-electron chi connectivity index (χ3n) is 3.45. The molecule has 0 saturated heterocycles. The summed E-state index contributed by atoms with van der Waals surface area (Å²) in [7, 11) is 1.69. The maximum Gasteiger partial charge on any atom is 0.168 e. The number of thioether (sulfide) groups is 1. The van der Waals surface area contributed by atoms with Crippen molar-refractivity contribution in [1.82, 2.24) is 9.55 Å². The first-order chi connectivity index (χ1) is 9.24. The molecule has 0 spiro atoms. The van der Waals surface area contributed by atoms with Crippen LogP contribution in [0.4, 0.5) is 0 Å². The quantitative estimate of drug-likeness (QED) is 0.934. The minimum Gasteiger partial charge on any atom is -0.496 e. The van der Waals surface area contributed by atoms with Crippen molar-refractivity contribution in [3.8, 4) is 17.0 Å². The average molecular weight is 275 g/mol. The summed E-state index contributed by atoms with van der Waals surface area (Å²) < 4.78 is 7.53. The van der Waals surface area contributed by atoms with Crippen molar-refractivity contribution in [3.63, 3.8) is 0 Å². The number of fused-ring (bicyclic) bond motifs is 1. The molecule has 2 N–H and O–H groups in total. The molecule has 2 aromatic rings. The highest BCUT2D eigenvalue weighted by molar-refractivity contribution is 7.99. The highest BCUT2D eigenvalue weighted by Crippen LogP contribution is 2.34. The van der Waals surface area contributed by atoms with E-state index in [1.54, 1.807) is 18.9 Å². The maximum atomic E-state index is 5.90. The van der Waals surface area contributed by atoms with Crippen molar-refractivity contribution in [2.24, 2.45) is 5.73 Å².